The van der Waals surface area contributed by atoms with Crippen molar-refractivity contribution in [1.82, 2.24) is 20.5 Å². The summed E-state index contributed by atoms with van der Waals surface area (Å²) in [5, 5.41) is 6.83. The molecule has 10 nitrogen and oxygen atoms in total. The molecule has 0 fully saturated rings. The molecule has 1 aliphatic rings. The molecule has 0 saturated carbocycles. The van der Waals surface area contributed by atoms with Crippen LogP contribution in [-0.4, -0.2) is 72.0 Å². The molecular formula is C37H48N4O6. The third kappa shape index (κ3) is 8.48. The van der Waals surface area contributed by atoms with Gasteiger partial charge in [-0.05, 0) is 51.3 Å². The van der Waals surface area contributed by atoms with Gasteiger partial charge in [0.2, 0.25) is 17.7 Å². The van der Waals surface area contributed by atoms with Crippen LogP contribution in [0, 0.1) is 18.8 Å². The standard InChI is InChI=1S/C37H48N4O6/c1-21-13-15-27(16-14-21)32-33(46-8)37(45)47-26(6)23(3)17-22(2)18-24(4)34(42)39-25(5)36(44)41(7)31(35(43)40-32)19-28-20-38-30-12-10-9-11-29(28)30/h9-17,20,23-26,31-33,38H,18-19H2,1-8H3,(H,39,42)(H,40,43)/b22-17+/t23-,24+,25+,26-,31-,32-,33+/m1/s1. The number of H-pyrrole nitrogens is 1. The van der Waals surface area contributed by atoms with Crippen molar-refractivity contribution < 1.29 is 28.7 Å². The zero-order valence-corrected chi connectivity index (χ0v) is 28.6. The van der Waals surface area contributed by atoms with Gasteiger partial charge < -0.3 is 30.0 Å². The van der Waals surface area contributed by atoms with E-state index in [1.54, 1.807) is 14.0 Å². The minimum absolute atomic E-state index is 0.160. The van der Waals surface area contributed by atoms with E-state index in [0.717, 1.165) is 27.6 Å². The number of fused-ring (bicyclic) bond motifs is 1. The third-order valence-electron chi connectivity index (χ3n) is 9.12. The Bertz CT molecular complexity index is 1610. The van der Waals surface area contributed by atoms with Crippen LogP contribution in [0.25, 0.3) is 10.9 Å². The van der Waals surface area contributed by atoms with Gasteiger partial charge in [0.15, 0.2) is 6.10 Å². The number of methoxy groups -OCH3 is 1. The molecule has 0 radical (unpaired) electrons. The molecule has 2 aromatic carbocycles. The first-order valence-corrected chi connectivity index (χ1v) is 16.2. The van der Waals surface area contributed by atoms with Crippen molar-refractivity contribution in [2.45, 2.75) is 84.7 Å². The maximum Gasteiger partial charge on any atom is 0.338 e. The van der Waals surface area contributed by atoms with Gasteiger partial charge in [-0.2, -0.15) is 0 Å². The van der Waals surface area contributed by atoms with Crippen LogP contribution in [0.2, 0.25) is 0 Å². The Kier molecular flexibility index (Phi) is 11.6. The van der Waals surface area contributed by atoms with Gasteiger partial charge in [0.25, 0.3) is 0 Å². The van der Waals surface area contributed by atoms with Crippen molar-refractivity contribution in [2.24, 2.45) is 11.8 Å². The van der Waals surface area contributed by atoms with Gasteiger partial charge in [-0.25, -0.2) is 4.79 Å². The fourth-order valence-electron chi connectivity index (χ4n) is 6.10. The molecular weight excluding hydrogens is 596 g/mol. The fraction of sp³-hybridized carbons (Fsp3) is 0.459. The Balaban J connectivity index is 1.80. The lowest BCUT2D eigenvalue weighted by molar-refractivity contribution is -0.164. The summed E-state index contributed by atoms with van der Waals surface area (Å²) in [4.78, 5) is 59.8. The monoisotopic (exact) mass is 644 g/mol. The minimum atomic E-state index is -1.17. The van der Waals surface area contributed by atoms with Crippen LogP contribution in [0.1, 0.15) is 63.8 Å². The Hall–Kier alpha value is -4.44. The van der Waals surface area contributed by atoms with Crippen LogP contribution in [-0.2, 0) is 35.1 Å². The number of aromatic nitrogens is 1. The molecule has 3 amide bonds. The lowest BCUT2D eigenvalue weighted by Gasteiger charge is -2.33. The molecule has 0 aliphatic carbocycles. The van der Waals surface area contributed by atoms with E-state index in [2.05, 4.69) is 15.6 Å². The van der Waals surface area contributed by atoms with E-state index in [1.165, 1.54) is 12.0 Å². The number of benzene rings is 2. The predicted octanol–water partition coefficient (Wildman–Crippen LogP) is 4.78. The fourth-order valence-corrected chi connectivity index (χ4v) is 6.10. The Labute approximate surface area is 277 Å². The number of nitrogens with one attached hydrogen (secondary N) is 3. The van der Waals surface area contributed by atoms with E-state index in [0.29, 0.717) is 12.0 Å². The molecule has 0 bridgehead atoms. The number of para-hydroxylation sites is 1. The first-order chi connectivity index (χ1) is 22.3. The first-order valence-electron chi connectivity index (χ1n) is 16.2. The maximum atomic E-state index is 14.4. The zero-order chi connectivity index (χ0) is 34.4. The SMILES string of the molecule is CO[C@@H]1C(=O)O[C@H](C)[C@H](C)/C=C(\C)C[C@H](C)C(=O)N[C@@H](C)C(=O)N(C)[C@H](Cc2c[nH]c3ccccc23)C(=O)N[C@@H]1c1ccc(C)cc1. The van der Waals surface area contributed by atoms with Gasteiger partial charge in [-0.15, -0.1) is 0 Å². The van der Waals surface area contributed by atoms with Crippen molar-refractivity contribution in [2.75, 3.05) is 14.2 Å². The van der Waals surface area contributed by atoms with Gasteiger partial charge in [0, 0.05) is 49.5 Å². The molecule has 47 heavy (non-hydrogen) atoms. The van der Waals surface area contributed by atoms with E-state index < -0.39 is 54.0 Å². The van der Waals surface area contributed by atoms with Gasteiger partial charge in [-0.1, -0.05) is 73.5 Å². The van der Waals surface area contributed by atoms with Crippen LogP contribution in [0.5, 0.6) is 0 Å². The summed E-state index contributed by atoms with van der Waals surface area (Å²) in [6, 6.07) is 12.4. The summed E-state index contributed by atoms with van der Waals surface area (Å²) in [6.07, 6.45) is 2.79. The van der Waals surface area contributed by atoms with Gasteiger partial charge in [0.05, 0.1) is 6.04 Å². The highest BCUT2D eigenvalue weighted by atomic mass is 16.6. The number of carbonyl (C=O) groups excluding carboxylic acids is 4. The highest BCUT2D eigenvalue weighted by Crippen LogP contribution is 2.26. The number of ether oxygens (including phenoxy) is 2. The third-order valence-corrected chi connectivity index (χ3v) is 9.12. The number of esters is 1. The van der Waals surface area contributed by atoms with E-state index in [9.17, 15) is 19.2 Å². The van der Waals surface area contributed by atoms with Crippen LogP contribution < -0.4 is 10.6 Å². The molecule has 252 valence electrons. The minimum Gasteiger partial charge on any atom is -0.460 e. The van der Waals surface area contributed by atoms with Crippen molar-refractivity contribution >= 4 is 34.6 Å². The Morgan fingerprint density at radius 1 is 0.915 bits per heavy atom. The van der Waals surface area contributed by atoms with Gasteiger partial charge in [-0.3, -0.25) is 14.4 Å². The van der Waals surface area contributed by atoms with E-state index in [-0.39, 0.29) is 18.2 Å². The lowest BCUT2D eigenvalue weighted by Crippen LogP contribution is -2.56. The average molecular weight is 645 g/mol. The smallest absolute Gasteiger partial charge is 0.338 e. The maximum absolute atomic E-state index is 14.4. The van der Waals surface area contributed by atoms with Crippen LogP contribution in [0.15, 0.2) is 66.4 Å². The quantitative estimate of drug-likeness (QED) is 0.277. The topological polar surface area (TPSA) is 130 Å². The van der Waals surface area contributed by atoms with E-state index in [4.69, 9.17) is 9.47 Å². The summed E-state index contributed by atoms with van der Waals surface area (Å²) in [5.74, 6) is -2.36. The molecule has 0 unspecified atom stereocenters. The number of amides is 3. The second-order valence-electron chi connectivity index (χ2n) is 12.9. The number of aromatic amines is 1. The normalized spacial score (nSPS) is 28.5. The summed E-state index contributed by atoms with van der Waals surface area (Å²) in [5.41, 5.74) is 4.36. The second-order valence-corrected chi connectivity index (χ2v) is 12.9. The number of rotatable bonds is 4. The molecule has 0 saturated heterocycles. The molecule has 3 aromatic rings. The number of hydrogen-bond acceptors (Lipinski definition) is 6. The summed E-state index contributed by atoms with van der Waals surface area (Å²) in [7, 11) is 2.97. The predicted molar refractivity (Wildman–Crippen MR) is 181 cm³/mol. The number of allylic oxidation sites excluding steroid dienone is 1. The molecule has 4 rings (SSSR count). The molecule has 1 aromatic heterocycles. The first kappa shape index (κ1) is 35.4. The molecule has 7 atom stereocenters. The second kappa shape index (κ2) is 15.4. The lowest BCUT2D eigenvalue weighted by atomic mass is 9.95. The zero-order valence-electron chi connectivity index (χ0n) is 28.6. The van der Waals surface area contributed by atoms with Crippen LogP contribution in [0.4, 0.5) is 0 Å². The van der Waals surface area contributed by atoms with Crippen molar-refractivity contribution in [3.63, 3.8) is 0 Å². The number of cyclic esters (lactones) is 1. The highest BCUT2D eigenvalue weighted by molar-refractivity contribution is 5.93. The molecule has 1 aliphatic heterocycles. The summed E-state index contributed by atoms with van der Waals surface area (Å²) < 4.78 is 11.7. The molecule has 2 heterocycles. The van der Waals surface area contributed by atoms with Gasteiger partial charge >= 0.3 is 5.97 Å². The average Bonchev–Trinajstić information content (AvgIpc) is 3.45. The number of aryl methyl sites for hydroxylation is 1. The summed E-state index contributed by atoms with van der Waals surface area (Å²) >= 11 is 0. The van der Waals surface area contributed by atoms with Gasteiger partial charge in [0.1, 0.15) is 18.2 Å². The van der Waals surface area contributed by atoms with E-state index >= 15 is 0 Å². The van der Waals surface area contributed by atoms with Crippen molar-refractivity contribution in [3.05, 3.63) is 83.1 Å². The molecule has 0 spiro atoms. The van der Waals surface area contributed by atoms with E-state index in [1.807, 2.05) is 95.4 Å². The largest absolute Gasteiger partial charge is 0.460 e. The Morgan fingerprint density at radius 3 is 2.28 bits per heavy atom. The summed E-state index contributed by atoms with van der Waals surface area (Å²) in [6.45, 7) is 11.1. The van der Waals surface area contributed by atoms with Crippen LogP contribution >= 0.6 is 0 Å². The molecule has 10 heteroatoms. The number of likely N-dealkylation sites (N-methyl/N-ethyl adjacent to an activating group) is 1. The Morgan fingerprint density at radius 2 is 1.60 bits per heavy atom. The van der Waals surface area contributed by atoms with Crippen LogP contribution in [0.3, 0.4) is 0 Å². The number of hydrogen-bond donors (Lipinski definition) is 3. The number of nitrogens with zero attached hydrogens (tertiary/aromatic N) is 1. The highest BCUT2D eigenvalue weighted by Gasteiger charge is 2.38. The van der Waals surface area contributed by atoms with Crippen molar-refractivity contribution in [1.29, 1.82) is 0 Å². The molecule has 3 N–H and O–H groups in total. The number of carbonyl (C=O) groups is 4. The van der Waals surface area contributed by atoms with Crippen molar-refractivity contribution in [3.8, 4) is 0 Å².